The molecular weight excluding hydrogens is 322 g/mol. The fourth-order valence-corrected chi connectivity index (χ4v) is 5.82. The fraction of sp³-hybridized carbons (Fsp3) is 0.643. The van der Waals surface area contributed by atoms with Gasteiger partial charge in [-0.15, -0.1) is 11.3 Å². The summed E-state index contributed by atoms with van der Waals surface area (Å²) in [6.07, 6.45) is 0. The average Bonchev–Trinajstić information content (AvgIpc) is 2.76. The highest BCUT2D eigenvalue weighted by Gasteiger charge is 2.35. The number of nitrogens with zero attached hydrogens (tertiary/aromatic N) is 2. The van der Waals surface area contributed by atoms with E-state index >= 15 is 0 Å². The van der Waals surface area contributed by atoms with Gasteiger partial charge in [0.2, 0.25) is 15.9 Å². The Hall–Kier alpha value is -0.960. The minimum absolute atomic E-state index is 0.0740. The molecule has 0 saturated carbocycles. The lowest BCUT2D eigenvalue weighted by molar-refractivity contribution is -0.138. The third kappa shape index (κ3) is 2.80. The van der Waals surface area contributed by atoms with Gasteiger partial charge in [0.05, 0.1) is 10.8 Å². The Morgan fingerprint density at radius 1 is 1.23 bits per heavy atom. The Morgan fingerprint density at radius 3 is 2.32 bits per heavy atom. The van der Waals surface area contributed by atoms with Crippen molar-refractivity contribution in [2.45, 2.75) is 18.7 Å². The Morgan fingerprint density at radius 2 is 1.86 bits per heavy atom. The standard InChI is InChI=1S/C14H21N3O3S2/c1-10-7-13(11(2)21-10)22(19,20)17-5-3-16(4-6-17)14(18)12-8-15-9-12/h7,12,15H,3-6,8-9H2,1-2H3. The first-order chi connectivity index (χ1) is 10.4. The van der Waals surface area contributed by atoms with Crippen LogP contribution in [0.25, 0.3) is 0 Å². The Labute approximate surface area is 135 Å². The van der Waals surface area contributed by atoms with Crippen molar-refractivity contribution >= 4 is 27.3 Å². The van der Waals surface area contributed by atoms with Crippen LogP contribution in [0.2, 0.25) is 0 Å². The van der Waals surface area contributed by atoms with E-state index in [2.05, 4.69) is 5.32 Å². The number of carbonyl (C=O) groups is 1. The molecule has 2 fully saturated rings. The summed E-state index contributed by atoms with van der Waals surface area (Å²) in [5.41, 5.74) is 0. The lowest BCUT2D eigenvalue weighted by Gasteiger charge is -2.37. The summed E-state index contributed by atoms with van der Waals surface area (Å²) in [7, 11) is -3.44. The van der Waals surface area contributed by atoms with Crippen LogP contribution in [-0.4, -0.2) is 62.8 Å². The van der Waals surface area contributed by atoms with E-state index in [1.165, 1.54) is 15.6 Å². The highest BCUT2D eigenvalue weighted by Crippen LogP contribution is 2.28. The van der Waals surface area contributed by atoms with Crippen LogP contribution < -0.4 is 5.32 Å². The lowest BCUT2D eigenvalue weighted by atomic mass is 10.0. The normalized spacial score (nSPS) is 20.9. The maximum Gasteiger partial charge on any atom is 0.244 e. The van der Waals surface area contributed by atoms with E-state index in [-0.39, 0.29) is 11.8 Å². The monoisotopic (exact) mass is 343 g/mol. The molecule has 3 rings (SSSR count). The number of sulfonamides is 1. The molecule has 0 atom stereocenters. The summed E-state index contributed by atoms with van der Waals surface area (Å²) in [6.45, 7) is 6.96. The highest BCUT2D eigenvalue weighted by atomic mass is 32.2. The van der Waals surface area contributed by atoms with E-state index < -0.39 is 10.0 Å². The average molecular weight is 343 g/mol. The zero-order chi connectivity index (χ0) is 15.9. The van der Waals surface area contributed by atoms with Crippen LogP contribution in [0.4, 0.5) is 0 Å². The van der Waals surface area contributed by atoms with Gasteiger partial charge in [0, 0.05) is 49.0 Å². The smallest absolute Gasteiger partial charge is 0.244 e. The summed E-state index contributed by atoms with van der Waals surface area (Å²) in [4.78, 5) is 16.2. The van der Waals surface area contributed by atoms with Gasteiger partial charge in [-0.05, 0) is 19.9 Å². The summed E-state index contributed by atoms with van der Waals surface area (Å²) in [5.74, 6) is 0.225. The Kier molecular flexibility index (Phi) is 4.28. The van der Waals surface area contributed by atoms with Crippen molar-refractivity contribution in [3.8, 4) is 0 Å². The fourth-order valence-electron chi connectivity index (χ4n) is 2.87. The third-order valence-electron chi connectivity index (χ3n) is 4.29. The van der Waals surface area contributed by atoms with Crippen LogP contribution in [0.15, 0.2) is 11.0 Å². The van der Waals surface area contributed by atoms with Crippen molar-refractivity contribution < 1.29 is 13.2 Å². The molecule has 1 N–H and O–H groups in total. The molecule has 2 aliphatic heterocycles. The molecular formula is C14H21N3O3S2. The van der Waals surface area contributed by atoms with Gasteiger partial charge in [-0.3, -0.25) is 4.79 Å². The molecule has 1 amide bonds. The maximum atomic E-state index is 12.7. The van der Waals surface area contributed by atoms with Gasteiger partial charge in [0.15, 0.2) is 0 Å². The number of amides is 1. The molecule has 0 aliphatic carbocycles. The second kappa shape index (κ2) is 5.92. The Bertz CT molecular complexity index is 672. The van der Waals surface area contributed by atoms with Crippen LogP contribution >= 0.6 is 11.3 Å². The molecule has 6 nitrogen and oxygen atoms in total. The van der Waals surface area contributed by atoms with E-state index in [4.69, 9.17) is 0 Å². The van der Waals surface area contributed by atoms with Crippen molar-refractivity contribution in [2.24, 2.45) is 5.92 Å². The van der Waals surface area contributed by atoms with Crippen LogP contribution in [0.1, 0.15) is 9.75 Å². The van der Waals surface area contributed by atoms with Crippen molar-refractivity contribution in [3.05, 3.63) is 15.8 Å². The first-order valence-corrected chi connectivity index (χ1v) is 9.72. The molecule has 22 heavy (non-hydrogen) atoms. The van der Waals surface area contributed by atoms with Crippen molar-refractivity contribution in [2.75, 3.05) is 39.3 Å². The number of nitrogens with one attached hydrogen (secondary N) is 1. The second-order valence-electron chi connectivity index (χ2n) is 5.86. The SMILES string of the molecule is Cc1cc(S(=O)(=O)N2CCN(C(=O)C3CNC3)CC2)c(C)s1. The van der Waals surface area contributed by atoms with Gasteiger partial charge < -0.3 is 10.2 Å². The lowest BCUT2D eigenvalue weighted by Crippen LogP contribution is -2.57. The van der Waals surface area contributed by atoms with Gasteiger partial charge >= 0.3 is 0 Å². The van der Waals surface area contributed by atoms with Crippen LogP contribution in [0.3, 0.4) is 0 Å². The molecule has 0 spiro atoms. The van der Waals surface area contributed by atoms with E-state index in [1.54, 1.807) is 11.0 Å². The molecule has 2 saturated heterocycles. The van der Waals surface area contributed by atoms with Crippen LogP contribution in [0.5, 0.6) is 0 Å². The number of aryl methyl sites for hydroxylation is 2. The zero-order valence-electron chi connectivity index (χ0n) is 12.8. The summed E-state index contributed by atoms with van der Waals surface area (Å²) < 4.78 is 26.9. The highest BCUT2D eigenvalue weighted by molar-refractivity contribution is 7.89. The van der Waals surface area contributed by atoms with E-state index in [1.807, 2.05) is 13.8 Å². The summed E-state index contributed by atoms with van der Waals surface area (Å²) >= 11 is 1.50. The quantitative estimate of drug-likeness (QED) is 0.863. The van der Waals surface area contributed by atoms with Gasteiger partial charge in [-0.2, -0.15) is 4.31 Å². The van der Waals surface area contributed by atoms with Crippen molar-refractivity contribution in [1.29, 1.82) is 0 Å². The Balaban J connectivity index is 1.68. The number of thiophene rings is 1. The van der Waals surface area contributed by atoms with E-state index in [0.717, 1.165) is 22.8 Å². The molecule has 122 valence electrons. The molecule has 1 aromatic rings. The summed E-state index contributed by atoms with van der Waals surface area (Å²) in [5, 5.41) is 3.09. The molecule has 0 radical (unpaired) electrons. The van der Waals surface area contributed by atoms with Gasteiger partial charge in [0.25, 0.3) is 0 Å². The number of piperazine rings is 1. The molecule has 0 aromatic carbocycles. The maximum absolute atomic E-state index is 12.7. The predicted molar refractivity (Wildman–Crippen MR) is 85.5 cm³/mol. The van der Waals surface area contributed by atoms with Crippen molar-refractivity contribution in [3.63, 3.8) is 0 Å². The number of hydrogen-bond donors (Lipinski definition) is 1. The van der Waals surface area contributed by atoms with E-state index in [0.29, 0.717) is 31.1 Å². The molecule has 3 heterocycles. The van der Waals surface area contributed by atoms with Gasteiger partial charge in [-0.25, -0.2) is 8.42 Å². The first-order valence-electron chi connectivity index (χ1n) is 7.46. The number of carbonyl (C=O) groups excluding carboxylic acids is 1. The van der Waals surface area contributed by atoms with E-state index in [9.17, 15) is 13.2 Å². The predicted octanol–water partition coefficient (Wildman–Crippen LogP) is 0.417. The molecule has 8 heteroatoms. The van der Waals surface area contributed by atoms with Gasteiger partial charge in [-0.1, -0.05) is 0 Å². The minimum atomic E-state index is -3.44. The van der Waals surface area contributed by atoms with Gasteiger partial charge in [0.1, 0.15) is 0 Å². The van der Waals surface area contributed by atoms with Crippen molar-refractivity contribution in [1.82, 2.24) is 14.5 Å². The van der Waals surface area contributed by atoms with Crippen LogP contribution in [0, 0.1) is 19.8 Å². The molecule has 0 unspecified atom stereocenters. The molecule has 0 bridgehead atoms. The second-order valence-corrected chi connectivity index (χ2v) is 9.23. The zero-order valence-corrected chi connectivity index (χ0v) is 14.5. The molecule has 1 aromatic heterocycles. The number of rotatable bonds is 3. The third-order valence-corrected chi connectivity index (χ3v) is 7.41. The largest absolute Gasteiger partial charge is 0.340 e. The number of hydrogen-bond acceptors (Lipinski definition) is 5. The minimum Gasteiger partial charge on any atom is -0.340 e. The molecule has 2 aliphatic rings. The van der Waals surface area contributed by atoms with Crippen LogP contribution in [-0.2, 0) is 14.8 Å². The summed E-state index contributed by atoms with van der Waals surface area (Å²) in [6, 6.07) is 1.74. The first kappa shape index (κ1) is 15.9. The topological polar surface area (TPSA) is 69.7 Å².